The fraction of sp³-hybridized carbons (Fsp3) is 0.0435. The predicted octanol–water partition coefficient (Wildman–Crippen LogP) is 5.26. The third kappa shape index (κ3) is 2.83. The molecule has 0 spiro atoms. The summed E-state index contributed by atoms with van der Waals surface area (Å²) in [6, 6.07) is 18.0. The molecule has 2 aromatic rings. The number of amidine groups is 1. The van der Waals surface area contributed by atoms with E-state index in [1.54, 1.807) is 12.4 Å². The number of halogens is 1. The van der Waals surface area contributed by atoms with E-state index >= 15 is 0 Å². The van der Waals surface area contributed by atoms with Crippen molar-refractivity contribution in [3.05, 3.63) is 113 Å². The van der Waals surface area contributed by atoms with Gasteiger partial charge in [0.2, 0.25) is 5.70 Å². The van der Waals surface area contributed by atoms with Gasteiger partial charge in [0, 0.05) is 5.57 Å². The smallest absolute Gasteiger partial charge is 0.264 e. The van der Waals surface area contributed by atoms with E-state index in [9.17, 15) is 0 Å². The van der Waals surface area contributed by atoms with Crippen LogP contribution in [-0.4, -0.2) is 16.1 Å². The SMILES string of the molecule is Cl[N+]12C=CN=CC1=C(C1=CC=C1)N=C2c1cccc(OCc2ccccc2)c1. The summed E-state index contributed by atoms with van der Waals surface area (Å²) in [7, 11) is 0. The largest absolute Gasteiger partial charge is 0.489 e. The molecule has 1 aliphatic carbocycles. The summed E-state index contributed by atoms with van der Waals surface area (Å²) < 4.78 is 5.96. The molecule has 1 atom stereocenters. The Morgan fingerprint density at radius 2 is 1.89 bits per heavy atom. The van der Waals surface area contributed by atoms with Crippen LogP contribution < -0.4 is 4.74 Å². The standard InChI is InChI=1S/C23H17ClN3O/c24-27-13-12-25-15-21(27)22(18-8-4-9-18)26-23(27)19-10-5-11-20(14-19)28-16-17-6-2-1-3-7-17/h1-15H,16H2/q+1. The summed E-state index contributed by atoms with van der Waals surface area (Å²) in [5.41, 5.74) is 4.81. The normalized spacial score (nSPS) is 21.9. The van der Waals surface area contributed by atoms with Crippen LogP contribution in [0.1, 0.15) is 11.1 Å². The second-order valence-electron chi connectivity index (χ2n) is 6.67. The van der Waals surface area contributed by atoms with Crippen molar-refractivity contribution in [2.45, 2.75) is 6.61 Å². The molecular formula is C23H17ClN3O+. The molecule has 0 fully saturated rings. The average Bonchev–Trinajstić information content (AvgIpc) is 2.99. The third-order valence-electron chi connectivity index (χ3n) is 4.84. The average molecular weight is 387 g/mol. The maximum atomic E-state index is 7.00. The van der Waals surface area contributed by atoms with Crippen LogP contribution in [0.5, 0.6) is 5.75 Å². The van der Waals surface area contributed by atoms with E-state index in [4.69, 9.17) is 21.5 Å². The van der Waals surface area contributed by atoms with E-state index in [-0.39, 0.29) is 4.00 Å². The number of rotatable bonds is 5. The minimum Gasteiger partial charge on any atom is -0.489 e. The minimum absolute atomic E-state index is 0.0217. The lowest BCUT2D eigenvalue weighted by molar-refractivity contribution is -0.599. The first-order valence-electron chi connectivity index (χ1n) is 9.03. The molecule has 2 heterocycles. The Morgan fingerprint density at radius 1 is 1.04 bits per heavy atom. The van der Waals surface area contributed by atoms with Gasteiger partial charge in [0.25, 0.3) is 5.84 Å². The molecular weight excluding hydrogens is 370 g/mol. The number of ether oxygens (including phenoxy) is 1. The highest BCUT2D eigenvalue weighted by molar-refractivity contribution is 6.20. The van der Waals surface area contributed by atoms with Gasteiger partial charge in [-0.05, 0) is 23.8 Å². The molecule has 1 unspecified atom stereocenters. The van der Waals surface area contributed by atoms with E-state index < -0.39 is 0 Å². The van der Waals surface area contributed by atoms with Crippen LogP contribution in [0.15, 0.2) is 112 Å². The maximum absolute atomic E-state index is 7.00. The Kier molecular flexibility index (Phi) is 4.08. The van der Waals surface area contributed by atoms with Crippen molar-refractivity contribution < 1.29 is 8.74 Å². The van der Waals surface area contributed by atoms with Crippen LogP contribution in [0.4, 0.5) is 0 Å². The topological polar surface area (TPSA) is 34.0 Å². The molecule has 0 amide bonds. The summed E-state index contributed by atoms with van der Waals surface area (Å²) in [6.07, 6.45) is 11.4. The molecule has 2 aromatic carbocycles. The zero-order valence-electron chi connectivity index (χ0n) is 15.0. The van der Waals surface area contributed by atoms with Crippen LogP contribution in [-0.2, 0) is 6.61 Å². The number of hydrogen-bond acceptors (Lipinski definition) is 3. The molecule has 0 N–H and O–H groups in total. The Bertz CT molecular complexity index is 1130. The molecule has 0 bridgehead atoms. The van der Waals surface area contributed by atoms with Gasteiger partial charge in [0.05, 0.1) is 18.0 Å². The number of nitrogens with zero attached hydrogens (tertiary/aromatic N) is 3. The Balaban J connectivity index is 1.46. The van der Waals surface area contributed by atoms with Gasteiger partial charge >= 0.3 is 0 Å². The van der Waals surface area contributed by atoms with Crippen molar-refractivity contribution in [1.82, 2.24) is 0 Å². The van der Waals surface area contributed by atoms with Gasteiger partial charge in [-0.15, -0.1) is 4.00 Å². The Labute approximate surface area is 168 Å². The zero-order valence-corrected chi connectivity index (χ0v) is 15.8. The van der Waals surface area contributed by atoms with Crippen LogP contribution in [0.2, 0.25) is 0 Å². The van der Waals surface area contributed by atoms with Gasteiger partial charge in [-0.3, -0.25) is 4.99 Å². The zero-order chi connectivity index (χ0) is 19.0. The van der Waals surface area contributed by atoms with Crippen molar-refractivity contribution in [3.8, 4) is 5.75 Å². The molecule has 0 saturated carbocycles. The highest BCUT2D eigenvalue weighted by Gasteiger charge is 2.46. The number of allylic oxidation sites excluding steroid dienone is 4. The van der Waals surface area contributed by atoms with Crippen LogP contribution in [0, 0.1) is 0 Å². The lowest BCUT2D eigenvalue weighted by Crippen LogP contribution is -2.37. The Morgan fingerprint density at radius 3 is 2.68 bits per heavy atom. The van der Waals surface area contributed by atoms with Crippen LogP contribution in [0.25, 0.3) is 0 Å². The van der Waals surface area contributed by atoms with Crippen LogP contribution in [0.3, 0.4) is 0 Å². The lowest BCUT2D eigenvalue weighted by atomic mass is 10.0. The highest BCUT2D eigenvalue weighted by atomic mass is 35.5. The van der Waals surface area contributed by atoms with Gasteiger partial charge in [-0.25, -0.2) is 0 Å². The van der Waals surface area contributed by atoms with E-state index in [2.05, 4.69) is 4.99 Å². The number of benzene rings is 2. The summed E-state index contributed by atoms with van der Waals surface area (Å²) in [5.74, 6) is 1.51. The summed E-state index contributed by atoms with van der Waals surface area (Å²) in [5, 5.41) is 0. The lowest BCUT2D eigenvalue weighted by Gasteiger charge is -2.23. The van der Waals surface area contributed by atoms with E-state index in [1.807, 2.05) is 79.0 Å². The molecule has 0 radical (unpaired) electrons. The molecule has 4 nitrogen and oxygen atoms in total. The second-order valence-corrected chi connectivity index (χ2v) is 7.20. The second kappa shape index (κ2) is 6.75. The van der Waals surface area contributed by atoms with E-state index in [1.165, 1.54) is 0 Å². The monoisotopic (exact) mass is 386 g/mol. The van der Waals surface area contributed by atoms with E-state index in [0.29, 0.717) is 6.61 Å². The first-order chi connectivity index (χ1) is 13.7. The molecule has 28 heavy (non-hydrogen) atoms. The summed E-state index contributed by atoms with van der Waals surface area (Å²) in [6.45, 7) is 0.511. The fourth-order valence-corrected chi connectivity index (χ4v) is 3.63. The molecule has 5 heteroatoms. The molecule has 2 aliphatic heterocycles. The molecule has 3 aliphatic rings. The first kappa shape index (κ1) is 16.9. The van der Waals surface area contributed by atoms with Crippen LogP contribution >= 0.6 is 11.8 Å². The van der Waals surface area contributed by atoms with Crippen molar-refractivity contribution in [1.29, 1.82) is 0 Å². The maximum Gasteiger partial charge on any atom is 0.264 e. The van der Waals surface area contributed by atoms with Gasteiger partial charge < -0.3 is 4.74 Å². The van der Waals surface area contributed by atoms with Crippen molar-refractivity contribution in [3.63, 3.8) is 0 Å². The molecule has 136 valence electrons. The quantitative estimate of drug-likeness (QED) is 0.645. The Hall–Kier alpha value is -3.21. The fourth-order valence-electron chi connectivity index (χ4n) is 3.33. The van der Waals surface area contributed by atoms with Crippen molar-refractivity contribution in [2.75, 3.05) is 0 Å². The molecule has 5 rings (SSSR count). The minimum atomic E-state index is -0.0217. The molecule has 0 saturated heterocycles. The number of hydrogen-bond donors (Lipinski definition) is 0. The van der Waals surface area contributed by atoms with Gasteiger partial charge in [0.1, 0.15) is 24.3 Å². The number of quaternary nitrogens is 1. The summed E-state index contributed by atoms with van der Waals surface area (Å²) in [4.78, 5) is 9.13. The van der Waals surface area contributed by atoms with Gasteiger partial charge in [-0.2, -0.15) is 4.99 Å². The third-order valence-corrected chi connectivity index (χ3v) is 5.29. The summed E-state index contributed by atoms with van der Waals surface area (Å²) >= 11 is 7.00. The van der Waals surface area contributed by atoms with E-state index in [0.717, 1.165) is 39.7 Å². The number of aliphatic imine (C=N–C) groups is 2. The van der Waals surface area contributed by atoms with Gasteiger partial charge in [0.15, 0.2) is 11.8 Å². The van der Waals surface area contributed by atoms with Crippen molar-refractivity contribution >= 4 is 23.8 Å². The van der Waals surface area contributed by atoms with Crippen molar-refractivity contribution in [2.24, 2.45) is 9.98 Å². The first-order valence-corrected chi connectivity index (χ1v) is 9.37. The predicted molar refractivity (Wildman–Crippen MR) is 112 cm³/mol. The molecule has 0 aromatic heterocycles. The van der Waals surface area contributed by atoms with Gasteiger partial charge in [-0.1, -0.05) is 54.6 Å². The highest BCUT2D eigenvalue weighted by Crippen LogP contribution is 2.41. The number of fused-ring (bicyclic) bond motifs is 1.